The van der Waals surface area contributed by atoms with Crippen molar-refractivity contribution in [2.45, 2.75) is 51.6 Å². The molecule has 4 atom stereocenters. The van der Waals surface area contributed by atoms with E-state index >= 15 is 0 Å². The fourth-order valence-electron chi connectivity index (χ4n) is 6.61. The van der Waals surface area contributed by atoms with Crippen molar-refractivity contribution in [1.29, 1.82) is 0 Å². The van der Waals surface area contributed by atoms with Crippen molar-refractivity contribution < 1.29 is 0 Å². The van der Waals surface area contributed by atoms with E-state index in [2.05, 4.69) is 26.0 Å². The van der Waals surface area contributed by atoms with E-state index in [1.165, 1.54) is 17.4 Å². The Morgan fingerprint density at radius 1 is 0.815 bits per heavy atom. The van der Waals surface area contributed by atoms with Gasteiger partial charge in [0.15, 0.2) is 0 Å². The second-order valence-electron chi connectivity index (χ2n) is 8.77. The quantitative estimate of drug-likeness (QED) is 0.731. The lowest BCUT2D eigenvalue weighted by Crippen LogP contribution is -2.66. The van der Waals surface area contributed by atoms with Gasteiger partial charge in [-0.1, -0.05) is 55.3 Å². The van der Waals surface area contributed by atoms with Crippen LogP contribution in [0.25, 0.3) is 5.69 Å². The summed E-state index contributed by atoms with van der Waals surface area (Å²) in [6, 6.07) is 9.10. The molecule has 3 aliphatic carbocycles. The van der Waals surface area contributed by atoms with Gasteiger partial charge in [-0.3, -0.25) is 0 Å². The van der Waals surface area contributed by atoms with Crippen LogP contribution in [0.15, 0.2) is 63.2 Å². The highest BCUT2D eigenvalue weighted by Crippen LogP contribution is 2.75. The molecule has 2 aliphatic heterocycles. The molecule has 0 saturated heterocycles. The van der Waals surface area contributed by atoms with Crippen LogP contribution >= 0.6 is 0 Å². The molecule has 0 radical (unpaired) electrons. The number of nitrogens with zero attached hydrogens (tertiary/aromatic N) is 3. The largest absolute Gasteiger partial charge is 0.352 e. The maximum Gasteiger partial charge on any atom is 0.352 e. The van der Waals surface area contributed by atoms with Crippen molar-refractivity contribution in [2.24, 2.45) is 10.8 Å². The minimum Gasteiger partial charge on any atom is -0.245 e. The van der Waals surface area contributed by atoms with Gasteiger partial charge in [0.05, 0.1) is 17.8 Å². The van der Waals surface area contributed by atoms with E-state index < -0.39 is 0 Å². The minimum atomic E-state index is -0.223. The second-order valence-corrected chi connectivity index (χ2v) is 8.77. The molecule has 0 N–H and O–H groups in total. The van der Waals surface area contributed by atoms with Crippen LogP contribution in [0.4, 0.5) is 0 Å². The van der Waals surface area contributed by atoms with Crippen molar-refractivity contribution in [3.8, 4) is 5.69 Å². The number of para-hydroxylation sites is 1. The summed E-state index contributed by atoms with van der Waals surface area (Å²) < 4.78 is 4.81. The maximum absolute atomic E-state index is 13.4. The standard InChI is InChI=1S/C22H23N3O2/c1-21-15-10-6-7-11-16(15)22(21,2)18-13-12-17(21)24-19(26)23(20(27)25(18)24)14-8-4-3-5-9-14/h3-5,8-9,12-13,17-18H,6-7,10-11H2,1-2H3/t17-,18-,21-,22-/m1/s1. The summed E-state index contributed by atoms with van der Waals surface area (Å²) in [5, 5.41) is 0. The van der Waals surface area contributed by atoms with Crippen LogP contribution in [0.3, 0.4) is 0 Å². The van der Waals surface area contributed by atoms with Gasteiger partial charge >= 0.3 is 11.4 Å². The molecule has 0 saturated carbocycles. The molecule has 0 spiro atoms. The number of benzene rings is 1. The predicted molar refractivity (Wildman–Crippen MR) is 103 cm³/mol. The van der Waals surface area contributed by atoms with Gasteiger partial charge in [0.2, 0.25) is 0 Å². The summed E-state index contributed by atoms with van der Waals surface area (Å²) >= 11 is 0. The highest BCUT2D eigenvalue weighted by Gasteiger charge is 2.70. The zero-order valence-corrected chi connectivity index (χ0v) is 15.7. The monoisotopic (exact) mass is 361 g/mol. The van der Waals surface area contributed by atoms with E-state index in [1.807, 2.05) is 30.3 Å². The molecule has 2 aromatic rings. The summed E-state index contributed by atoms with van der Waals surface area (Å²) in [4.78, 5) is 26.7. The number of aromatic nitrogens is 3. The van der Waals surface area contributed by atoms with Crippen molar-refractivity contribution in [2.75, 3.05) is 0 Å². The number of allylic oxidation sites excluding steroid dienone is 4. The fraction of sp³-hybridized carbons (Fsp3) is 0.455. The third-order valence-electron chi connectivity index (χ3n) is 8.01. The molecule has 7 rings (SSSR count). The van der Waals surface area contributed by atoms with Gasteiger partial charge < -0.3 is 0 Å². The molecule has 1 aromatic heterocycles. The second kappa shape index (κ2) is 4.64. The van der Waals surface area contributed by atoms with Gasteiger partial charge in [0.1, 0.15) is 0 Å². The van der Waals surface area contributed by atoms with Crippen LogP contribution < -0.4 is 11.4 Å². The Bertz CT molecular complexity index is 1090. The Hall–Kier alpha value is -2.56. The van der Waals surface area contributed by atoms with Gasteiger partial charge in [-0.2, -0.15) is 0 Å². The normalized spacial score (nSPS) is 35.5. The summed E-state index contributed by atoms with van der Waals surface area (Å²) in [6.45, 7) is 4.64. The SMILES string of the molecule is C[C@]12C3=C(CCCC3)[C@]1(C)[C@H]1C=C[C@H]2n2c(=O)n(-c3ccccc3)c(=O)n21. The van der Waals surface area contributed by atoms with Crippen LogP contribution in [0.1, 0.15) is 51.6 Å². The lowest BCUT2D eigenvalue weighted by atomic mass is 9.38. The van der Waals surface area contributed by atoms with Crippen molar-refractivity contribution in [3.63, 3.8) is 0 Å². The van der Waals surface area contributed by atoms with Gasteiger partial charge in [0, 0.05) is 10.8 Å². The van der Waals surface area contributed by atoms with Gasteiger partial charge in [-0.05, 0) is 37.8 Å². The first kappa shape index (κ1) is 15.5. The zero-order valence-electron chi connectivity index (χ0n) is 15.7. The van der Waals surface area contributed by atoms with Crippen molar-refractivity contribution in [3.05, 3.63) is 74.6 Å². The molecule has 138 valence electrons. The third-order valence-corrected chi connectivity index (χ3v) is 8.01. The van der Waals surface area contributed by atoms with Crippen molar-refractivity contribution in [1.82, 2.24) is 13.9 Å². The molecule has 0 amide bonds. The first-order chi connectivity index (χ1) is 13.0. The topological polar surface area (TPSA) is 48.9 Å². The lowest BCUT2D eigenvalue weighted by molar-refractivity contribution is -0.0584. The molecular weight excluding hydrogens is 338 g/mol. The Kier molecular flexibility index (Phi) is 2.66. The molecule has 5 aliphatic rings. The average molecular weight is 361 g/mol. The maximum atomic E-state index is 13.4. The predicted octanol–water partition coefficient (Wildman–Crippen LogP) is 3.36. The number of hydrogen-bond donors (Lipinski definition) is 0. The van der Waals surface area contributed by atoms with Gasteiger partial charge in [-0.25, -0.2) is 23.5 Å². The first-order valence-electron chi connectivity index (χ1n) is 9.94. The molecule has 0 fully saturated rings. The molecule has 0 unspecified atom stereocenters. The zero-order chi connectivity index (χ0) is 18.6. The fourth-order valence-corrected chi connectivity index (χ4v) is 6.61. The van der Waals surface area contributed by atoms with Gasteiger partial charge in [-0.15, -0.1) is 0 Å². The summed E-state index contributed by atoms with van der Waals surface area (Å²) in [6.07, 6.45) is 9.08. The Labute approximate surface area is 157 Å². The van der Waals surface area contributed by atoms with Crippen LogP contribution in [-0.4, -0.2) is 13.9 Å². The van der Waals surface area contributed by atoms with Crippen LogP contribution in [0.2, 0.25) is 0 Å². The summed E-state index contributed by atoms with van der Waals surface area (Å²) in [7, 11) is 0. The number of hydrogen-bond acceptors (Lipinski definition) is 2. The van der Waals surface area contributed by atoms with E-state index in [4.69, 9.17) is 0 Å². The molecule has 2 bridgehead atoms. The molecule has 5 heteroatoms. The van der Waals surface area contributed by atoms with E-state index in [-0.39, 0.29) is 34.3 Å². The molecular formula is C22H23N3O2. The van der Waals surface area contributed by atoms with Crippen LogP contribution in [-0.2, 0) is 0 Å². The van der Waals surface area contributed by atoms with E-state index in [9.17, 15) is 9.59 Å². The van der Waals surface area contributed by atoms with Crippen molar-refractivity contribution >= 4 is 0 Å². The molecule has 5 nitrogen and oxygen atoms in total. The van der Waals surface area contributed by atoms with E-state index in [0.29, 0.717) is 5.69 Å². The van der Waals surface area contributed by atoms with Crippen LogP contribution in [0, 0.1) is 10.8 Å². The third kappa shape index (κ3) is 1.44. The summed E-state index contributed by atoms with van der Waals surface area (Å²) in [5.41, 5.74) is 3.16. The lowest BCUT2D eigenvalue weighted by Gasteiger charge is -2.69. The minimum absolute atomic E-state index is 0.0681. The Morgan fingerprint density at radius 2 is 1.30 bits per heavy atom. The number of rotatable bonds is 1. The first-order valence-corrected chi connectivity index (χ1v) is 9.94. The highest BCUT2D eigenvalue weighted by molar-refractivity contribution is 5.51. The Morgan fingerprint density at radius 3 is 1.78 bits per heavy atom. The van der Waals surface area contributed by atoms with E-state index in [1.54, 1.807) is 20.5 Å². The smallest absolute Gasteiger partial charge is 0.245 e. The highest BCUT2D eigenvalue weighted by atomic mass is 16.2. The molecule has 1 aromatic carbocycles. The Balaban J connectivity index is 1.65. The van der Waals surface area contributed by atoms with E-state index in [0.717, 1.165) is 12.8 Å². The molecule has 27 heavy (non-hydrogen) atoms. The van der Waals surface area contributed by atoms with Gasteiger partial charge in [0.25, 0.3) is 0 Å². The summed E-state index contributed by atoms with van der Waals surface area (Å²) in [5.74, 6) is 0. The average Bonchev–Trinajstić information content (AvgIpc) is 2.97. The molecule has 3 heterocycles. The van der Waals surface area contributed by atoms with Crippen LogP contribution in [0.5, 0.6) is 0 Å².